The largest absolute Gasteiger partial charge is 0.466 e. The highest BCUT2D eigenvalue weighted by Gasteiger charge is 2.41. The van der Waals surface area contributed by atoms with Crippen molar-refractivity contribution in [3.63, 3.8) is 0 Å². The smallest absolute Gasteiger partial charge is 0.331 e. The molecule has 4 rings (SSSR count). The summed E-state index contributed by atoms with van der Waals surface area (Å²) in [4.78, 5) is 52.3. The van der Waals surface area contributed by atoms with Crippen molar-refractivity contribution < 1.29 is 33.0 Å². The first-order chi connectivity index (χ1) is 19.7. The normalized spacial score (nSPS) is 19.4. The topological polar surface area (TPSA) is 108 Å². The van der Waals surface area contributed by atoms with Crippen LogP contribution in [0.25, 0.3) is 6.08 Å². The Labute approximate surface area is 255 Å². The summed E-state index contributed by atoms with van der Waals surface area (Å²) in [6, 6.07) is 6.40. The second kappa shape index (κ2) is 15.5. The maximum atomic E-state index is 14.9. The second-order valence-electron chi connectivity index (χ2n) is 10.2. The summed E-state index contributed by atoms with van der Waals surface area (Å²) >= 11 is 1.22. The molecule has 1 saturated carbocycles. The van der Waals surface area contributed by atoms with Crippen molar-refractivity contribution in [2.45, 2.75) is 63.8 Å². The van der Waals surface area contributed by atoms with Gasteiger partial charge in [-0.15, -0.1) is 12.4 Å². The Morgan fingerprint density at radius 3 is 2.45 bits per heavy atom. The summed E-state index contributed by atoms with van der Waals surface area (Å²) in [7, 11) is 0. The van der Waals surface area contributed by atoms with Gasteiger partial charge in [0, 0.05) is 42.9 Å². The van der Waals surface area contributed by atoms with Gasteiger partial charge in [0.05, 0.1) is 31.4 Å². The SMILES string of the molecule is CCOC(=O)CC(C(=O)OCC)n1ccc(C=C2CN(C(C(=O)C3CC3)c3ccccc3F)CCC2SC(C)=O)n1.Cl. The molecule has 2 aliphatic rings. The molecule has 2 fully saturated rings. The molecule has 1 saturated heterocycles. The molecular weight excluding hydrogens is 585 g/mol. The highest BCUT2D eigenvalue weighted by molar-refractivity contribution is 8.14. The fourth-order valence-electron chi connectivity index (χ4n) is 5.09. The number of ether oxygens (including phenoxy) is 2. The first kappa shape index (κ1) is 33.5. The zero-order valence-electron chi connectivity index (χ0n) is 24.0. The summed E-state index contributed by atoms with van der Waals surface area (Å²) in [5, 5.41) is 4.36. The lowest BCUT2D eigenvalue weighted by Gasteiger charge is -2.38. The van der Waals surface area contributed by atoms with E-state index in [9.17, 15) is 23.6 Å². The van der Waals surface area contributed by atoms with Crippen LogP contribution < -0.4 is 0 Å². The van der Waals surface area contributed by atoms with Crippen LogP contribution in [0.1, 0.15) is 69.8 Å². The molecule has 1 aliphatic heterocycles. The van der Waals surface area contributed by atoms with Gasteiger partial charge in [0.1, 0.15) is 5.82 Å². The van der Waals surface area contributed by atoms with Crippen molar-refractivity contribution in [1.29, 1.82) is 0 Å². The third-order valence-corrected chi connectivity index (χ3v) is 8.26. The van der Waals surface area contributed by atoms with Gasteiger partial charge in [-0.3, -0.25) is 24.0 Å². The monoisotopic (exact) mass is 621 g/mol. The molecule has 42 heavy (non-hydrogen) atoms. The van der Waals surface area contributed by atoms with Crippen LogP contribution in [-0.4, -0.2) is 69.1 Å². The van der Waals surface area contributed by atoms with Crippen molar-refractivity contribution in [2.75, 3.05) is 26.3 Å². The van der Waals surface area contributed by atoms with Crippen LogP contribution in [0.15, 0.2) is 42.1 Å². The Morgan fingerprint density at radius 1 is 1.10 bits per heavy atom. The van der Waals surface area contributed by atoms with E-state index in [2.05, 4.69) is 5.10 Å². The second-order valence-corrected chi connectivity index (χ2v) is 11.6. The van der Waals surface area contributed by atoms with Crippen LogP contribution >= 0.6 is 24.2 Å². The number of rotatable bonds is 12. The van der Waals surface area contributed by atoms with Crippen molar-refractivity contribution in [1.82, 2.24) is 14.7 Å². The molecule has 1 aromatic carbocycles. The Kier molecular flexibility index (Phi) is 12.3. The molecule has 0 bridgehead atoms. The van der Waals surface area contributed by atoms with E-state index >= 15 is 0 Å². The van der Waals surface area contributed by atoms with E-state index in [1.165, 1.54) is 29.4 Å². The lowest BCUT2D eigenvalue weighted by atomic mass is 9.93. The highest BCUT2D eigenvalue weighted by atomic mass is 35.5. The van der Waals surface area contributed by atoms with Gasteiger partial charge in [0.2, 0.25) is 0 Å². The number of thioether (sulfide) groups is 1. The maximum absolute atomic E-state index is 14.9. The lowest BCUT2D eigenvalue weighted by molar-refractivity contribution is -0.154. The van der Waals surface area contributed by atoms with Gasteiger partial charge in [-0.1, -0.05) is 30.0 Å². The van der Waals surface area contributed by atoms with E-state index < -0.39 is 29.8 Å². The van der Waals surface area contributed by atoms with Gasteiger partial charge in [-0.25, -0.2) is 9.18 Å². The fourth-order valence-corrected chi connectivity index (χ4v) is 6.01. The Morgan fingerprint density at radius 2 is 1.81 bits per heavy atom. The predicted molar refractivity (Wildman–Crippen MR) is 159 cm³/mol. The molecule has 0 amide bonds. The van der Waals surface area contributed by atoms with E-state index in [0.717, 1.165) is 18.4 Å². The average Bonchev–Trinajstić information content (AvgIpc) is 3.69. The van der Waals surface area contributed by atoms with Crippen molar-refractivity contribution in [3.8, 4) is 0 Å². The summed E-state index contributed by atoms with van der Waals surface area (Å²) in [5.74, 6) is -1.59. The molecule has 12 heteroatoms. The van der Waals surface area contributed by atoms with E-state index in [0.29, 0.717) is 30.8 Å². The number of carbonyl (C=O) groups excluding carboxylic acids is 4. The van der Waals surface area contributed by atoms with Gasteiger partial charge >= 0.3 is 11.9 Å². The molecule has 0 spiro atoms. The quantitative estimate of drug-likeness (QED) is 0.304. The number of Topliss-reactive ketones (excluding diaryl/α,β-unsaturated/α-hetero) is 1. The number of ketones is 1. The summed E-state index contributed by atoms with van der Waals surface area (Å²) in [5.41, 5.74) is 1.75. The summed E-state index contributed by atoms with van der Waals surface area (Å²) in [6.45, 7) is 6.10. The number of hydrogen-bond acceptors (Lipinski definition) is 9. The number of aromatic nitrogens is 2. The number of hydrogen-bond donors (Lipinski definition) is 0. The number of carbonyl (C=O) groups is 4. The van der Waals surface area contributed by atoms with Gasteiger partial charge < -0.3 is 9.47 Å². The molecule has 0 N–H and O–H groups in total. The van der Waals surface area contributed by atoms with E-state index in [-0.39, 0.29) is 54.1 Å². The van der Waals surface area contributed by atoms with Crippen LogP contribution in [0.4, 0.5) is 4.39 Å². The lowest BCUT2D eigenvalue weighted by Crippen LogP contribution is -2.43. The Bertz CT molecular complexity index is 1310. The molecule has 1 aliphatic carbocycles. The van der Waals surface area contributed by atoms with Gasteiger partial charge in [0.15, 0.2) is 16.9 Å². The maximum Gasteiger partial charge on any atom is 0.331 e. The van der Waals surface area contributed by atoms with E-state index in [1.54, 1.807) is 44.3 Å². The molecule has 2 heterocycles. The van der Waals surface area contributed by atoms with E-state index in [1.807, 2.05) is 11.0 Å². The van der Waals surface area contributed by atoms with Crippen molar-refractivity contribution >= 4 is 53.1 Å². The third-order valence-electron chi connectivity index (χ3n) is 7.11. The zero-order valence-corrected chi connectivity index (χ0v) is 25.6. The molecule has 228 valence electrons. The van der Waals surface area contributed by atoms with Crippen LogP contribution in [0.3, 0.4) is 0 Å². The van der Waals surface area contributed by atoms with Gasteiger partial charge in [0.25, 0.3) is 0 Å². The standard InChI is InChI=1S/C30H36FN3O6S.ClH/c1-4-39-27(36)17-25(30(38)40-5-2)34-15-12-22(32-34)16-21-18-33(14-13-26(21)41-19(3)35)28(29(37)20-10-11-20)23-8-6-7-9-24(23)31;/h6-9,12,15-16,20,25-26,28H,4-5,10-11,13-14,17-18H2,1-3H3;1H. The van der Waals surface area contributed by atoms with E-state index in [4.69, 9.17) is 9.47 Å². The highest BCUT2D eigenvalue weighted by Crippen LogP contribution is 2.40. The molecule has 9 nitrogen and oxygen atoms in total. The molecule has 3 atom stereocenters. The van der Waals surface area contributed by atoms with Crippen LogP contribution in [0.5, 0.6) is 0 Å². The number of halogens is 2. The first-order valence-electron chi connectivity index (χ1n) is 14.0. The minimum Gasteiger partial charge on any atom is -0.466 e. The van der Waals surface area contributed by atoms with Crippen molar-refractivity contribution in [3.05, 3.63) is 59.2 Å². The minimum atomic E-state index is -0.993. The number of nitrogens with zero attached hydrogens (tertiary/aromatic N) is 3. The fraction of sp³-hybridized carbons (Fsp3) is 0.500. The third kappa shape index (κ3) is 8.52. The molecule has 1 aromatic heterocycles. The number of esters is 2. The molecule has 2 aromatic rings. The first-order valence-corrected chi connectivity index (χ1v) is 14.9. The zero-order chi connectivity index (χ0) is 29.5. The Hall–Kier alpha value is -3.02. The molecular formula is C30H37ClFN3O6S. The van der Waals surface area contributed by atoms with Crippen LogP contribution in [0, 0.1) is 11.7 Å². The van der Waals surface area contributed by atoms with Gasteiger partial charge in [-0.2, -0.15) is 5.10 Å². The summed E-state index contributed by atoms with van der Waals surface area (Å²) in [6.07, 6.45) is 5.43. The van der Waals surface area contributed by atoms with Crippen molar-refractivity contribution in [2.24, 2.45) is 5.92 Å². The number of likely N-dealkylation sites (tertiary alicyclic amines) is 1. The number of benzene rings is 1. The summed E-state index contributed by atoms with van der Waals surface area (Å²) < 4.78 is 26.5. The molecule has 3 unspecified atom stereocenters. The van der Waals surface area contributed by atoms with Crippen LogP contribution in [0.2, 0.25) is 0 Å². The average molecular weight is 622 g/mol. The minimum absolute atomic E-state index is 0. The predicted octanol–water partition coefficient (Wildman–Crippen LogP) is 4.96. The molecule has 0 radical (unpaired) electrons. The van der Waals surface area contributed by atoms with Crippen LogP contribution in [-0.2, 0) is 28.7 Å². The Balaban J connectivity index is 0.00000484. The van der Waals surface area contributed by atoms with Gasteiger partial charge in [-0.05, 0) is 56.9 Å². The number of piperidine rings is 1.